The van der Waals surface area contributed by atoms with Crippen LogP contribution in [-0.2, 0) is 10.0 Å². The monoisotopic (exact) mass is 308 g/mol. The van der Waals surface area contributed by atoms with Crippen LogP contribution in [0.2, 0.25) is 0 Å². The SMILES string of the molecule is O=C(O)c1ncsc1S(=O)(=O)N1CCCSCC1. The van der Waals surface area contributed by atoms with Gasteiger partial charge in [0.2, 0.25) is 0 Å². The third-order valence-electron chi connectivity index (χ3n) is 2.49. The van der Waals surface area contributed by atoms with Gasteiger partial charge < -0.3 is 5.11 Å². The van der Waals surface area contributed by atoms with Gasteiger partial charge in [-0.05, 0) is 12.2 Å². The molecule has 0 bridgehead atoms. The van der Waals surface area contributed by atoms with Gasteiger partial charge in [0.05, 0.1) is 5.51 Å². The molecular formula is C9H12N2O4S3. The highest BCUT2D eigenvalue weighted by Crippen LogP contribution is 2.25. The van der Waals surface area contributed by atoms with E-state index in [1.165, 1.54) is 9.82 Å². The summed E-state index contributed by atoms with van der Waals surface area (Å²) in [4.78, 5) is 14.5. The van der Waals surface area contributed by atoms with Crippen LogP contribution in [0.15, 0.2) is 9.72 Å². The van der Waals surface area contributed by atoms with Crippen molar-refractivity contribution in [2.45, 2.75) is 10.6 Å². The highest BCUT2D eigenvalue weighted by atomic mass is 32.2. The van der Waals surface area contributed by atoms with Crippen molar-refractivity contribution in [3.63, 3.8) is 0 Å². The van der Waals surface area contributed by atoms with E-state index in [0.717, 1.165) is 29.3 Å². The van der Waals surface area contributed by atoms with Crippen molar-refractivity contribution in [3.05, 3.63) is 11.2 Å². The molecule has 1 aliphatic heterocycles. The molecule has 0 saturated carbocycles. The zero-order chi connectivity index (χ0) is 13.2. The van der Waals surface area contributed by atoms with Crippen LogP contribution in [0.3, 0.4) is 0 Å². The van der Waals surface area contributed by atoms with Crippen LogP contribution in [0.1, 0.15) is 16.9 Å². The number of hydrogen-bond donors (Lipinski definition) is 1. The average Bonchev–Trinajstić information content (AvgIpc) is 2.65. The number of carbonyl (C=O) groups is 1. The fourth-order valence-corrected chi connectivity index (χ4v) is 5.40. The molecule has 1 saturated heterocycles. The van der Waals surface area contributed by atoms with Gasteiger partial charge in [0.25, 0.3) is 10.0 Å². The quantitative estimate of drug-likeness (QED) is 0.895. The number of thioether (sulfide) groups is 1. The topological polar surface area (TPSA) is 87.6 Å². The molecule has 2 rings (SSSR count). The first-order chi connectivity index (χ1) is 8.53. The Morgan fingerprint density at radius 3 is 2.89 bits per heavy atom. The van der Waals surface area contributed by atoms with E-state index in [-0.39, 0.29) is 9.90 Å². The molecule has 1 fully saturated rings. The summed E-state index contributed by atoms with van der Waals surface area (Å²) in [6, 6.07) is 0. The lowest BCUT2D eigenvalue weighted by molar-refractivity contribution is 0.0687. The molecule has 6 nitrogen and oxygen atoms in total. The summed E-state index contributed by atoms with van der Waals surface area (Å²) >= 11 is 2.57. The van der Waals surface area contributed by atoms with Crippen LogP contribution in [0.5, 0.6) is 0 Å². The summed E-state index contributed by atoms with van der Waals surface area (Å²) < 4.78 is 25.9. The second-order valence-electron chi connectivity index (χ2n) is 3.66. The van der Waals surface area contributed by atoms with Gasteiger partial charge in [-0.2, -0.15) is 16.1 Å². The summed E-state index contributed by atoms with van der Waals surface area (Å²) in [5.74, 6) is 0.361. The Bertz CT molecular complexity index is 532. The summed E-state index contributed by atoms with van der Waals surface area (Å²) in [5, 5.41) is 8.93. The van der Waals surface area contributed by atoms with Crippen molar-refractivity contribution in [3.8, 4) is 0 Å². The highest BCUT2D eigenvalue weighted by Gasteiger charge is 2.31. The summed E-state index contributed by atoms with van der Waals surface area (Å²) in [6.07, 6.45) is 0.783. The molecule has 0 radical (unpaired) electrons. The smallest absolute Gasteiger partial charge is 0.356 e. The van der Waals surface area contributed by atoms with Crippen LogP contribution < -0.4 is 0 Å². The van der Waals surface area contributed by atoms with Gasteiger partial charge in [0, 0.05) is 18.8 Å². The van der Waals surface area contributed by atoms with Crippen LogP contribution in [0.25, 0.3) is 0 Å². The highest BCUT2D eigenvalue weighted by molar-refractivity contribution is 7.99. The van der Waals surface area contributed by atoms with Gasteiger partial charge in [0.15, 0.2) is 9.90 Å². The molecule has 100 valence electrons. The Morgan fingerprint density at radius 1 is 1.39 bits per heavy atom. The molecule has 0 unspecified atom stereocenters. The Balaban J connectivity index is 2.34. The maximum atomic E-state index is 12.4. The second kappa shape index (κ2) is 5.55. The molecule has 0 amide bonds. The first-order valence-electron chi connectivity index (χ1n) is 5.28. The second-order valence-corrected chi connectivity index (χ2v) is 7.88. The van der Waals surface area contributed by atoms with Gasteiger partial charge in [-0.25, -0.2) is 18.2 Å². The van der Waals surface area contributed by atoms with Crippen LogP contribution in [-0.4, -0.2) is 53.4 Å². The molecule has 1 N–H and O–H groups in total. The van der Waals surface area contributed by atoms with Gasteiger partial charge in [0.1, 0.15) is 0 Å². The molecule has 0 aliphatic carbocycles. The first kappa shape index (κ1) is 13.8. The Morgan fingerprint density at radius 2 is 2.17 bits per heavy atom. The fourth-order valence-electron chi connectivity index (χ4n) is 1.64. The predicted molar refractivity (Wildman–Crippen MR) is 69.8 cm³/mol. The van der Waals surface area contributed by atoms with Crippen molar-refractivity contribution >= 4 is 39.1 Å². The molecule has 9 heteroatoms. The maximum Gasteiger partial charge on any atom is 0.356 e. The molecule has 0 atom stereocenters. The normalized spacial score (nSPS) is 18.4. The number of carboxylic acid groups (broad SMARTS) is 1. The van der Waals surface area contributed by atoms with E-state index in [1.54, 1.807) is 11.8 Å². The Labute approximate surface area is 113 Å². The largest absolute Gasteiger partial charge is 0.476 e. The zero-order valence-electron chi connectivity index (χ0n) is 9.40. The van der Waals surface area contributed by atoms with Crippen LogP contribution >= 0.6 is 23.1 Å². The fraction of sp³-hybridized carbons (Fsp3) is 0.556. The molecular weight excluding hydrogens is 296 g/mol. The minimum absolute atomic E-state index is 0.165. The van der Waals surface area contributed by atoms with Gasteiger partial charge in [-0.3, -0.25) is 0 Å². The van der Waals surface area contributed by atoms with E-state index in [1.807, 2.05) is 0 Å². The number of sulfonamides is 1. The van der Waals surface area contributed by atoms with E-state index < -0.39 is 16.0 Å². The number of carboxylic acids is 1. The number of aromatic nitrogens is 1. The lowest BCUT2D eigenvalue weighted by Crippen LogP contribution is -2.33. The first-order valence-corrected chi connectivity index (χ1v) is 8.75. The van der Waals surface area contributed by atoms with E-state index in [0.29, 0.717) is 13.1 Å². The molecule has 1 aromatic heterocycles. The lowest BCUT2D eigenvalue weighted by atomic mass is 10.5. The van der Waals surface area contributed by atoms with E-state index >= 15 is 0 Å². The van der Waals surface area contributed by atoms with Crippen molar-refractivity contribution in [2.24, 2.45) is 0 Å². The lowest BCUT2D eigenvalue weighted by Gasteiger charge is -2.18. The molecule has 0 aromatic carbocycles. The average molecular weight is 308 g/mol. The van der Waals surface area contributed by atoms with Crippen LogP contribution in [0, 0.1) is 0 Å². The van der Waals surface area contributed by atoms with Crippen molar-refractivity contribution in [1.29, 1.82) is 0 Å². The molecule has 1 aromatic rings. The van der Waals surface area contributed by atoms with E-state index in [2.05, 4.69) is 4.98 Å². The summed E-state index contributed by atoms with van der Waals surface area (Å²) in [5.41, 5.74) is 0.875. The van der Waals surface area contributed by atoms with E-state index in [9.17, 15) is 13.2 Å². The number of thiazole rings is 1. The predicted octanol–water partition coefficient (Wildman–Crippen LogP) is 0.969. The third kappa shape index (κ3) is 2.68. The van der Waals surface area contributed by atoms with Crippen molar-refractivity contribution in [2.75, 3.05) is 24.6 Å². The minimum atomic E-state index is -3.72. The van der Waals surface area contributed by atoms with Crippen LogP contribution in [0.4, 0.5) is 0 Å². The Hall–Kier alpha value is -0.640. The molecule has 1 aliphatic rings. The van der Waals surface area contributed by atoms with Gasteiger partial charge in [-0.1, -0.05) is 0 Å². The van der Waals surface area contributed by atoms with Gasteiger partial charge >= 0.3 is 5.97 Å². The number of rotatable bonds is 3. The van der Waals surface area contributed by atoms with Gasteiger partial charge in [-0.15, -0.1) is 11.3 Å². The number of hydrogen-bond acceptors (Lipinski definition) is 6. The molecule has 2 heterocycles. The molecule has 0 spiro atoms. The summed E-state index contributed by atoms with van der Waals surface area (Å²) in [7, 11) is -3.72. The summed E-state index contributed by atoms with van der Waals surface area (Å²) in [6.45, 7) is 0.857. The van der Waals surface area contributed by atoms with Crippen molar-refractivity contribution in [1.82, 2.24) is 9.29 Å². The van der Waals surface area contributed by atoms with E-state index in [4.69, 9.17) is 5.11 Å². The van der Waals surface area contributed by atoms with Crippen molar-refractivity contribution < 1.29 is 18.3 Å². The molecule has 18 heavy (non-hydrogen) atoms. The standard InChI is InChI=1S/C9H12N2O4S3/c12-8(13)7-9(17-6-10-7)18(14,15)11-2-1-4-16-5-3-11/h6H,1-5H2,(H,12,13). The maximum absolute atomic E-state index is 12.4. The minimum Gasteiger partial charge on any atom is -0.476 e. The number of nitrogens with zero attached hydrogens (tertiary/aromatic N) is 2. The zero-order valence-corrected chi connectivity index (χ0v) is 11.9. The Kier molecular flexibility index (Phi) is 4.25. The number of aromatic carboxylic acids is 1. The third-order valence-corrected chi connectivity index (χ3v) is 6.79.